The first kappa shape index (κ1) is 18.0. The van der Waals surface area contributed by atoms with Gasteiger partial charge in [0, 0.05) is 31.2 Å². The van der Waals surface area contributed by atoms with E-state index in [1.54, 1.807) is 12.1 Å². The molecular formula is C16H26N4O2. The number of benzene rings is 1. The molecule has 6 nitrogen and oxygen atoms in total. The van der Waals surface area contributed by atoms with Crippen molar-refractivity contribution in [1.82, 2.24) is 20.9 Å². The highest BCUT2D eigenvalue weighted by atomic mass is 16.2. The Morgan fingerprint density at radius 2 is 1.91 bits per heavy atom. The Kier molecular flexibility index (Phi) is 7.39. The van der Waals surface area contributed by atoms with Crippen molar-refractivity contribution in [1.29, 1.82) is 0 Å². The van der Waals surface area contributed by atoms with E-state index in [0.717, 1.165) is 12.1 Å². The normalized spacial score (nSPS) is 10.6. The number of urea groups is 1. The summed E-state index contributed by atoms with van der Waals surface area (Å²) in [4.78, 5) is 25.6. The summed E-state index contributed by atoms with van der Waals surface area (Å²) in [5, 5.41) is 8.39. The van der Waals surface area contributed by atoms with Crippen molar-refractivity contribution in [2.24, 2.45) is 0 Å². The van der Waals surface area contributed by atoms with E-state index in [2.05, 4.69) is 16.0 Å². The molecule has 0 saturated carbocycles. The summed E-state index contributed by atoms with van der Waals surface area (Å²) in [5.74, 6) is -0.102. The van der Waals surface area contributed by atoms with Gasteiger partial charge in [-0.2, -0.15) is 0 Å². The van der Waals surface area contributed by atoms with Gasteiger partial charge in [0.2, 0.25) is 0 Å². The molecule has 0 spiro atoms. The molecule has 0 heterocycles. The summed E-state index contributed by atoms with van der Waals surface area (Å²) in [6, 6.07) is 7.14. The van der Waals surface area contributed by atoms with Crippen molar-refractivity contribution in [3.05, 3.63) is 35.4 Å². The molecule has 0 bridgehead atoms. The molecule has 6 heteroatoms. The predicted molar refractivity (Wildman–Crippen MR) is 87.8 cm³/mol. The zero-order valence-corrected chi connectivity index (χ0v) is 13.8. The summed E-state index contributed by atoms with van der Waals surface area (Å²) in [5.41, 5.74) is 1.49. The molecule has 0 saturated heterocycles. The number of likely N-dealkylation sites (N-methyl/N-ethyl adjacent to an activating group) is 1. The lowest BCUT2D eigenvalue weighted by Gasteiger charge is -2.12. The quantitative estimate of drug-likeness (QED) is 0.708. The highest BCUT2D eigenvalue weighted by Crippen LogP contribution is 2.05. The first-order chi connectivity index (χ1) is 10.4. The van der Waals surface area contributed by atoms with E-state index in [1.165, 1.54) is 0 Å². The molecule has 0 fully saturated rings. The molecule has 22 heavy (non-hydrogen) atoms. The van der Waals surface area contributed by atoms with Crippen LogP contribution >= 0.6 is 0 Å². The van der Waals surface area contributed by atoms with Gasteiger partial charge >= 0.3 is 6.03 Å². The van der Waals surface area contributed by atoms with Gasteiger partial charge < -0.3 is 20.9 Å². The molecule has 0 aromatic heterocycles. The van der Waals surface area contributed by atoms with Gasteiger partial charge in [-0.05, 0) is 45.6 Å². The number of amides is 3. The highest BCUT2D eigenvalue weighted by molar-refractivity contribution is 5.94. The van der Waals surface area contributed by atoms with Crippen LogP contribution < -0.4 is 16.0 Å². The molecule has 3 amide bonds. The van der Waals surface area contributed by atoms with Gasteiger partial charge in [-0.3, -0.25) is 4.79 Å². The Morgan fingerprint density at radius 1 is 1.18 bits per heavy atom. The third kappa shape index (κ3) is 7.08. The maximum absolute atomic E-state index is 12.0. The molecule has 0 unspecified atom stereocenters. The molecule has 1 aromatic carbocycles. The predicted octanol–water partition coefficient (Wildman–Crippen LogP) is 1.19. The largest absolute Gasteiger partial charge is 0.351 e. The standard InChI is InChI=1S/C16H26N4O2/c1-12(2)19-16(22)18-11-13-6-5-7-14(10-13)15(21)17-8-9-20(3)4/h5-7,10,12H,8-9,11H2,1-4H3,(H,17,21)(H2,18,19,22). The summed E-state index contributed by atoms with van der Waals surface area (Å²) >= 11 is 0. The van der Waals surface area contributed by atoms with Gasteiger partial charge in [-0.15, -0.1) is 0 Å². The van der Waals surface area contributed by atoms with Gasteiger partial charge in [0.1, 0.15) is 0 Å². The average molecular weight is 306 g/mol. The lowest BCUT2D eigenvalue weighted by Crippen LogP contribution is -2.39. The number of hydrogen-bond acceptors (Lipinski definition) is 3. The number of hydrogen-bond donors (Lipinski definition) is 3. The molecule has 0 radical (unpaired) electrons. The van der Waals surface area contributed by atoms with Crippen LogP contribution in [-0.2, 0) is 6.54 Å². The summed E-state index contributed by atoms with van der Waals surface area (Å²) in [7, 11) is 3.92. The number of rotatable bonds is 7. The van der Waals surface area contributed by atoms with E-state index in [1.807, 2.05) is 45.0 Å². The van der Waals surface area contributed by atoms with E-state index < -0.39 is 0 Å². The number of carbonyl (C=O) groups is 2. The minimum Gasteiger partial charge on any atom is -0.351 e. The fourth-order valence-corrected chi connectivity index (χ4v) is 1.81. The SMILES string of the molecule is CC(C)NC(=O)NCc1cccc(C(=O)NCCN(C)C)c1. The van der Waals surface area contributed by atoms with E-state index in [0.29, 0.717) is 18.7 Å². The third-order valence-corrected chi connectivity index (χ3v) is 2.91. The average Bonchev–Trinajstić information content (AvgIpc) is 2.44. The Balaban J connectivity index is 2.51. The second-order valence-electron chi connectivity index (χ2n) is 5.74. The van der Waals surface area contributed by atoms with E-state index >= 15 is 0 Å². The molecule has 0 aliphatic rings. The maximum Gasteiger partial charge on any atom is 0.315 e. The van der Waals surface area contributed by atoms with E-state index in [-0.39, 0.29) is 18.0 Å². The topological polar surface area (TPSA) is 73.5 Å². The molecule has 0 aliphatic carbocycles. The second-order valence-corrected chi connectivity index (χ2v) is 5.74. The molecular weight excluding hydrogens is 280 g/mol. The molecule has 122 valence electrons. The third-order valence-electron chi connectivity index (χ3n) is 2.91. The Hall–Kier alpha value is -2.08. The molecule has 1 aromatic rings. The zero-order chi connectivity index (χ0) is 16.5. The van der Waals surface area contributed by atoms with E-state index in [4.69, 9.17) is 0 Å². The monoisotopic (exact) mass is 306 g/mol. The van der Waals surface area contributed by atoms with Crippen LogP contribution in [0.3, 0.4) is 0 Å². The summed E-state index contributed by atoms with van der Waals surface area (Å²) in [6.45, 7) is 5.58. The van der Waals surface area contributed by atoms with Crippen molar-refractivity contribution in [3.8, 4) is 0 Å². The van der Waals surface area contributed by atoms with Crippen LogP contribution in [0.2, 0.25) is 0 Å². The lowest BCUT2D eigenvalue weighted by atomic mass is 10.1. The van der Waals surface area contributed by atoms with Crippen molar-refractivity contribution < 1.29 is 9.59 Å². The number of carbonyl (C=O) groups excluding carboxylic acids is 2. The molecule has 0 aliphatic heterocycles. The van der Waals surface area contributed by atoms with Crippen molar-refractivity contribution in [3.63, 3.8) is 0 Å². The minimum atomic E-state index is -0.212. The first-order valence-electron chi connectivity index (χ1n) is 7.44. The summed E-state index contributed by atoms with van der Waals surface area (Å²) < 4.78 is 0. The molecule has 3 N–H and O–H groups in total. The smallest absolute Gasteiger partial charge is 0.315 e. The van der Waals surface area contributed by atoms with Crippen molar-refractivity contribution in [2.45, 2.75) is 26.4 Å². The van der Waals surface area contributed by atoms with Gasteiger partial charge in [0.05, 0.1) is 0 Å². The highest BCUT2D eigenvalue weighted by Gasteiger charge is 2.07. The van der Waals surface area contributed by atoms with Crippen molar-refractivity contribution in [2.75, 3.05) is 27.2 Å². The van der Waals surface area contributed by atoms with Crippen LogP contribution in [0.15, 0.2) is 24.3 Å². The minimum absolute atomic E-state index is 0.0915. The van der Waals surface area contributed by atoms with Gasteiger partial charge in [-0.25, -0.2) is 4.79 Å². The fourth-order valence-electron chi connectivity index (χ4n) is 1.81. The summed E-state index contributed by atoms with van der Waals surface area (Å²) in [6.07, 6.45) is 0. The van der Waals surface area contributed by atoms with Crippen molar-refractivity contribution >= 4 is 11.9 Å². The Labute approximate surface area is 132 Å². The van der Waals surface area contributed by atoms with Crippen LogP contribution in [-0.4, -0.2) is 50.1 Å². The number of nitrogens with zero attached hydrogens (tertiary/aromatic N) is 1. The maximum atomic E-state index is 12.0. The van der Waals surface area contributed by atoms with Crippen LogP contribution in [0, 0.1) is 0 Å². The van der Waals surface area contributed by atoms with Crippen LogP contribution in [0.5, 0.6) is 0 Å². The Bertz CT molecular complexity index is 501. The number of nitrogens with one attached hydrogen (secondary N) is 3. The van der Waals surface area contributed by atoms with Crippen LogP contribution in [0.1, 0.15) is 29.8 Å². The van der Waals surface area contributed by atoms with Gasteiger partial charge in [-0.1, -0.05) is 12.1 Å². The lowest BCUT2D eigenvalue weighted by molar-refractivity contribution is 0.0951. The molecule has 0 atom stereocenters. The zero-order valence-electron chi connectivity index (χ0n) is 13.8. The Morgan fingerprint density at radius 3 is 2.55 bits per heavy atom. The fraction of sp³-hybridized carbons (Fsp3) is 0.500. The van der Waals surface area contributed by atoms with Gasteiger partial charge in [0.15, 0.2) is 0 Å². The molecule has 1 rings (SSSR count). The van der Waals surface area contributed by atoms with Gasteiger partial charge in [0.25, 0.3) is 5.91 Å². The van der Waals surface area contributed by atoms with E-state index in [9.17, 15) is 9.59 Å². The van der Waals surface area contributed by atoms with Crippen LogP contribution in [0.25, 0.3) is 0 Å². The first-order valence-corrected chi connectivity index (χ1v) is 7.44. The van der Waals surface area contributed by atoms with Crippen LogP contribution in [0.4, 0.5) is 4.79 Å². The second kappa shape index (κ2) is 9.04.